The van der Waals surface area contributed by atoms with Crippen LogP contribution in [0.5, 0.6) is 5.75 Å². The summed E-state index contributed by atoms with van der Waals surface area (Å²) in [5.41, 5.74) is 1.39. The molecule has 0 atom stereocenters. The Bertz CT molecular complexity index is 1160. The van der Waals surface area contributed by atoms with Crippen LogP contribution < -0.4 is 9.54 Å². The predicted molar refractivity (Wildman–Crippen MR) is 116 cm³/mol. The largest absolute Gasteiger partial charge is 0.492 e. The summed E-state index contributed by atoms with van der Waals surface area (Å²) in [6, 6.07) is 11.8. The molecule has 0 aliphatic heterocycles. The third kappa shape index (κ3) is 5.00. The molecule has 2 aromatic carbocycles. The molecule has 0 fully saturated rings. The van der Waals surface area contributed by atoms with Gasteiger partial charge in [-0.25, -0.2) is 0 Å². The van der Waals surface area contributed by atoms with E-state index in [0.717, 1.165) is 16.0 Å². The van der Waals surface area contributed by atoms with Crippen molar-refractivity contribution in [1.29, 1.82) is 0 Å². The Kier molecular flexibility index (Phi) is 7.10. The lowest BCUT2D eigenvalue weighted by Crippen LogP contribution is -2.19. The highest BCUT2D eigenvalue weighted by molar-refractivity contribution is 7.16. The minimum Gasteiger partial charge on any atom is -0.492 e. The standard InChI is InChI=1S/C21H21N3O5S/c1-3-29-17-8-5-9-18-20(17)23(12-13-28-2)21(30-18)22-19(25)11-10-15-6-4-7-16(14-15)24(26)27/h4-11,14H,3,12-13H2,1-2H3. The molecule has 0 saturated carbocycles. The SMILES string of the molecule is CCOc1cccc2sc(=NC(=O)C=Cc3cccc([N+](=O)[O-])c3)n(CCOC)c12. The Morgan fingerprint density at radius 1 is 1.30 bits per heavy atom. The van der Waals surface area contributed by atoms with Gasteiger partial charge in [0.25, 0.3) is 11.6 Å². The van der Waals surface area contributed by atoms with E-state index < -0.39 is 10.8 Å². The van der Waals surface area contributed by atoms with E-state index in [1.54, 1.807) is 19.2 Å². The number of benzene rings is 2. The van der Waals surface area contributed by atoms with Gasteiger partial charge in [-0.2, -0.15) is 4.99 Å². The summed E-state index contributed by atoms with van der Waals surface area (Å²) in [6.07, 6.45) is 2.81. The number of hydrogen-bond donors (Lipinski definition) is 0. The average molecular weight is 427 g/mol. The van der Waals surface area contributed by atoms with Crippen LogP contribution in [0.4, 0.5) is 5.69 Å². The van der Waals surface area contributed by atoms with Crippen molar-refractivity contribution in [2.24, 2.45) is 4.99 Å². The minimum atomic E-state index is -0.477. The number of para-hydroxylation sites is 1. The second-order valence-corrected chi connectivity index (χ2v) is 7.21. The molecule has 0 radical (unpaired) electrons. The number of ether oxygens (including phenoxy) is 2. The Labute approximate surface area is 176 Å². The van der Waals surface area contributed by atoms with Gasteiger partial charge in [-0.1, -0.05) is 29.5 Å². The van der Waals surface area contributed by atoms with Gasteiger partial charge in [0.15, 0.2) is 4.80 Å². The molecule has 0 N–H and O–H groups in total. The molecular formula is C21H21N3O5S. The third-order valence-corrected chi connectivity index (χ3v) is 5.23. The van der Waals surface area contributed by atoms with Crippen LogP contribution in [0.15, 0.2) is 53.5 Å². The summed E-state index contributed by atoms with van der Waals surface area (Å²) in [6.45, 7) is 3.41. The van der Waals surface area contributed by atoms with Gasteiger partial charge in [0.2, 0.25) is 0 Å². The maximum absolute atomic E-state index is 12.5. The molecule has 1 aromatic heterocycles. The van der Waals surface area contributed by atoms with Crippen LogP contribution in [0, 0.1) is 10.1 Å². The zero-order chi connectivity index (χ0) is 21.5. The molecule has 0 unspecified atom stereocenters. The summed E-state index contributed by atoms with van der Waals surface area (Å²) < 4.78 is 13.8. The zero-order valence-electron chi connectivity index (χ0n) is 16.6. The summed E-state index contributed by atoms with van der Waals surface area (Å²) in [5, 5.41) is 10.9. The second kappa shape index (κ2) is 9.95. The summed E-state index contributed by atoms with van der Waals surface area (Å²) >= 11 is 1.39. The number of methoxy groups -OCH3 is 1. The number of hydrogen-bond acceptors (Lipinski definition) is 6. The third-order valence-electron chi connectivity index (χ3n) is 4.19. The number of nitro groups is 1. The fourth-order valence-electron chi connectivity index (χ4n) is 2.89. The monoisotopic (exact) mass is 427 g/mol. The Hall–Kier alpha value is -3.30. The van der Waals surface area contributed by atoms with Crippen molar-refractivity contribution in [2.45, 2.75) is 13.5 Å². The topological polar surface area (TPSA) is 96.0 Å². The fourth-order valence-corrected chi connectivity index (χ4v) is 3.97. The highest BCUT2D eigenvalue weighted by atomic mass is 32.1. The van der Waals surface area contributed by atoms with Crippen molar-refractivity contribution < 1.29 is 19.2 Å². The van der Waals surface area contributed by atoms with Crippen molar-refractivity contribution in [2.75, 3.05) is 20.3 Å². The zero-order valence-corrected chi connectivity index (χ0v) is 17.4. The lowest BCUT2D eigenvalue weighted by molar-refractivity contribution is -0.384. The number of aromatic nitrogens is 1. The molecule has 0 spiro atoms. The van der Waals surface area contributed by atoms with Gasteiger partial charge in [0.05, 0.1) is 22.8 Å². The molecule has 0 saturated heterocycles. The van der Waals surface area contributed by atoms with Crippen LogP contribution >= 0.6 is 11.3 Å². The smallest absolute Gasteiger partial charge is 0.272 e. The van der Waals surface area contributed by atoms with Crippen LogP contribution in [0.2, 0.25) is 0 Å². The first-order valence-corrected chi connectivity index (χ1v) is 10.1. The summed E-state index contributed by atoms with van der Waals surface area (Å²) in [4.78, 5) is 27.6. The van der Waals surface area contributed by atoms with E-state index in [2.05, 4.69) is 4.99 Å². The van der Waals surface area contributed by atoms with E-state index >= 15 is 0 Å². The molecule has 0 aliphatic carbocycles. The van der Waals surface area contributed by atoms with E-state index in [0.29, 0.717) is 30.1 Å². The molecule has 0 bridgehead atoms. The fraction of sp³-hybridized carbons (Fsp3) is 0.238. The van der Waals surface area contributed by atoms with Gasteiger partial charge in [0, 0.05) is 31.9 Å². The number of thiazole rings is 1. The van der Waals surface area contributed by atoms with Gasteiger partial charge in [-0.05, 0) is 30.7 Å². The molecular weight excluding hydrogens is 406 g/mol. The summed E-state index contributed by atoms with van der Waals surface area (Å²) in [7, 11) is 1.61. The lowest BCUT2D eigenvalue weighted by Gasteiger charge is -2.09. The highest BCUT2D eigenvalue weighted by Crippen LogP contribution is 2.27. The number of non-ortho nitro benzene ring substituents is 1. The molecule has 30 heavy (non-hydrogen) atoms. The quantitative estimate of drug-likeness (QED) is 0.310. The number of amides is 1. The normalized spacial score (nSPS) is 12.0. The molecule has 3 rings (SSSR count). The van der Waals surface area contributed by atoms with E-state index in [4.69, 9.17) is 9.47 Å². The Morgan fingerprint density at radius 3 is 2.83 bits per heavy atom. The number of nitrogens with zero attached hydrogens (tertiary/aromatic N) is 3. The predicted octanol–water partition coefficient (Wildman–Crippen LogP) is 3.80. The van der Waals surface area contributed by atoms with Crippen LogP contribution in [0.25, 0.3) is 16.3 Å². The molecule has 156 valence electrons. The van der Waals surface area contributed by atoms with Crippen molar-refractivity contribution in [3.8, 4) is 5.75 Å². The maximum atomic E-state index is 12.5. The van der Waals surface area contributed by atoms with Crippen molar-refractivity contribution in [3.05, 3.63) is 69.0 Å². The number of fused-ring (bicyclic) bond motifs is 1. The average Bonchev–Trinajstić information content (AvgIpc) is 3.09. The van der Waals surface area contributed by atoms with Gasteiger partial charge < -0.3 is 14.0 Å². The number of carbonyl (C=O) groups excluding carboxylic acids is 1. The maximum Gasteiger partial charge on any atom is 0.272 e. The van der Waals surface area contributed by atoms with Crippen LogP contribution in [-0.2, 0) is 16.1 Å². The van der Waals surface area contributed by atoms with Crippen LogP contribution in [0.3, 0.4) is 0 Å². The van der Waals surface area contributed by atoms with Crippen LogP contribution in [-0.4, -0.2) is 35.7 Å². The Morgan fingerprint density at radius 2 is 2.10 bits per heavy atom. The first-order chi connectivity index (χ1) is 14.5. The van der Waals surface area contributed by atoms with E-state index in [1.807, 2.05) is 29.7 Å². The van der Waals surface area contributed by atoms with Gasteiger partial charge in [-0.3, -0.25) is 14.9 Å². The lowest BCUT2D eigenvalue weighted by atomic mass is 10.2. The summed E-state index contributed by atoms with van der Waals surface area (Å²) in [5.74, 6) is 0.264. The highest BCUT2D eigenvalue weighted by Gasteiger charge is 2.12. The van der Waals surface area contributed by atoms with Gasteiger partial charge in [0.1, 0.15) is 11.3 Å². The first-order valence-electron chi connectivity index (χ1n) is 9.28. The van der Waals surface area contributed by atoms with E-state index in [1.165, 1.54) is 35.6 Å². The number of nitro benzene ring substituents is 1. The molecule has 1 heterocycles. The Balaban J connectivity index is 1.98. The second-order valence-electron chi connectivity index (χ2n) is 6.20. The van der Waals surface area contributed by atoms with Crippen molar-refractivity contribution in [1.82, 2.24) is 4.57 Å². The molecule has 8 nitrogen and oxygen atoms in total. The van der Waals surface area contributed by atoms with E-state index in [9.17, 15) is 14.9 Å². The van der Waals surface area contributed by atoms with E-state index in [-0.39, 0.29) is 5.69 Å². The number of rotatable bonds is 8. The molecule has 3 aromatic rings. The molecule has 9 heteroatoms. The van der Waals surface area contributed by atoms with Crippen molar-refractivity contribution >= 4 is 39.2 Å². The van der Waals surface area contributed by atoms with Crippen LogP contribution in [0.1, 0.15) is 12.5 Å². The minimum absolute atomic E-state index is 0.0353. The molecule has 0 aliphatic rings. The molecule has 1 amide bonds. The van der Waals surface area contributed by atoms with Gasteiger partial charge in [-0.15, -0.1) is 0 Å². The van der Waals surface area contributed by atoms with Crippen molar-refractivity contribution in [3.63, 3.8) is 0 Å². The van der Waals surface area contributed by atoms with Gasteiger partial charge >= 0.3 is 0 Å². The number of carbonyl (C=O) groups is 1. The first kappa shape index (κ1) is 21.4.